The minimum atomic E-state index is -0.112. The monoisotopic (exact) mass is 426 g/mol. The van der Waals surface area contributed by atoms with Gasteiger partial charge in [0.2, 0.25) is 11.8 Å². The normalized spacial score (nSPS) is 17.2. The Bertz CT molecular complexity index is 928. The Morgan fingerprint density at radius 2 is 2.10 bits per heavy atom. The zero-order chi connectivity index (χ0) is 21.8. The summed E-state index contributed by atoms with van der Waals surface area (Å²) in [4.78, 5) is 30.5. The second kappa shape index (κ2) is 9.51. The number of nitrogens with one attached hydrogen (secondary N) is 2. The summed E-state index contributed by atoms with van der Waals surface area (Å²) in [6.45, 7) is 7.26. The van der Waals surface area contributed by atoms with E-state index in [1.807, 2.05) is 26.0 Å². The van der Waals surface area contributed by atoms with Gasteiger partial charge in [0, 0.05) is 18.7 Å². The smallest absolute Gasteiger partial charge is 0.257 e. The maximum atomic E-state index is 12.2. The summed E-state index contributed by atoms with van der Waals surface area (Å²) in [6, 6.07) is 5.51. The van der Waals surface area contributed by atoms with Crippen LogP contribution in [0.4, 0.5) is 5.69 Å². The molecule has 1 saturated heterocycles. The van der Waals surface area contributed by atoms with Crippen molar-refractivity contribution in [3.05, 3.63) is 41.1 Å². The maximum absolute atomic E-state index is 12.2. The van der Waals surface area contributed by atoms with Crippen molar-refractivity contribution >= 4 is 17.5 Å². The van der Waals surface area contributed by atoms with Gasteiger partial charge in [0.25, 0.3) is 5.91 Å². The van der Waals surface area contributed by atoms with E-state index < -0.39 is 0 Å². The largest absolute Gasteiger partial charge is 0.484 e. The highest BCUT2D eigenvalue weighted by Crippen LogP contribution is 2.26. The Hall–Kier alpha value is -2.87. The van der Waals surface area contributed by atoms with E-state index in [1.165, 1.54) is 0 Å². The molecule has 0 saturated carbocycles. The number of amides is 2. The molecule has 1 aromatic heterocycles. The molecule has 2 aliphatic rings. The number of piperidine rings is 1. The van der Waals surface area contributed by atoms with Crippen LogP contribution in [0, 0.1) is 19.8 Å². The fraction of sp³-hybridized carbons (Fsp3) is 0.522. The molecule has 1 fully saturated rings. The number of carbonyl (C=O) groups is 2. The lowest BCUT2D eigenvalue weighted by Crippen LogP contribution is -2.39. The summed E-state index contributed by atoms with van der Waals surface area (Å²) >= 11 is 0. The fourth-order valence-corrected chi connectivity index (χ4v) is 4.05. The molecule has 3 heterocycles. The molecule has 166 valence electrons. The lowest BCUT2D eigenvalue weighted by Gasteiger charge is -2.31. The van der Waals surface area contributed by atoms with Crippen molar-refractivity contribution in [3.63, 3.8) is 0 Å². The SMILES string of the molecule is Cc1nc(CN2CCC(CNC(=O)COc3ccc4c(c3)CCC(=O)N4)CC2)oc1C. The van der Waals surface area contributed by atoms with Crippen LogP contribution in [0.2, 0.25) is 0 Å². The Kier molecular flexibility index (Phi) is 6.56. The molecule has 0 aliphatic carbocycles. The van der Waals surface area contributed by atoms with Crippen molar-refractivity contribution in [3.8, 4) is 5.75 Å². The van der Waals surface area contributed by atoms with Gasteiger partial charge in [-0.3, -0.25) is 14.5 Å². The molecule has 2 aliphatic heterocycles. The van der Waals surface area contributed by atoms with Crippen molar-refractivity contribution in [2.24, 2.45) is 5.92 Å². The summed E-state index contributed by atoms with van der Waals surface area (Å²) < 4.78 is 11.3. The van der Waals surface area contributed by atoms with E-state index in [9.17, 15) is 9.59 Å². The average Bonchev–Trinajstić information content (AvgIpc) is 3.08. The van der Waals surface area contributed by atoms with Gasteiger partial charge in [-0.2, -0.15) is 0 Å². The summed E-state index contributed by atoms with van der Waals surface area (Å²) in [5, 5.41) is 5.84. The first kappa shape index (κ1) is 21.4. The van der Waals surface area contributed by atoms with Crippen LogP contribution in [0.3, 0.4) is 0 Å². The van der Waals surface area contributed by atoms with Gasteiger partial charge in [-0.1, -0.05) is 0 Å². The fourth-order valence-electron chi connectivity index (χ4n) is 4.05. The number of oxazole rings is 1. The first-order chi connectivity index (χ1) is 15.0. The van der Waals surface area contributed by atoms with E-state index in [0.717, 1.165) is 61.1 Å². The van der Waals surface area contributed by atoms with E-state index in [1.54, 1.807) is 6.07 Å². The lowest BCUT2D eigenvalue weighted by atomic mass is 9.97. The van der Waals surface area contributed by atoms with E-state index in [2.05, 4.69) is 20.5 Å². The van der Waals surface area contributed by atoms with Gasteiger partial charge in [-0.15, -0.1) is 0 Å². The molecule has 0 spiro atoms. The van der Waals surface area contributed by atoms with Gasteiger partial charge in [-0.05, 0) is 75.9 Å². The van der Waals surface area contributed by atoms with Crippen LogP contribution in [0.1, 0.15) is 42.2 Å². The quantitative estimate of drug-likeness (QED) is 0.706. The molecule has 31 heavy (non-hydrogen) atoms. The molecular formula is C23H30N4O4. The molecule has 8 nitrogen and oxygen atoms in total. The van der Waals surface area contributed by atoms with E-state index in [-0.39, 0.29) is 18.4 Å². The number of hydrogen-bond acceptors (Lipinski definition) is 6. The highest BCUT2D eigenvalue weighted by molar-refractivity contribution is 5.94. The van der Waals surface area contributed by atoms with Gasteiger partial charge < -0.3 is 19.8 Å². The van der Waals surface area contributed by atoms with Crippen molar-refractivity contribution in [2.75, 3.05) is 31.6 Å². The van der Waals surface area contributed by atoms with Crippen LogP contribution < -0.4 is 15.4 Å². The zero-order valence-corrected chi connectivity index (χ0v) is 18.2. The number of carbonyl (C=O) groups excluding carboxylic acids is 2. The van der Waals surface area contributed by atoms with Crippen molar-refractivity contribution in [2.45, 2.75) is 46.1 Å². The van der Waals surface area contributed by atoms with Crippen LogP contribution in [-0.2, 0) is 22.6 Å². The van der Waals surface area contributed by atoms with E-state index >= 15 is 0 Å². The zero-order valence-electron chi connectivity index (χ0n) is 18.2. The molecule has 2 N–H and O–H groups in total. The number of likely N-dealkylation sites (tertiary alicyclic amines) is 1. The van der Waals surface area contributed by atoms with Gasteiger partial charge in [0.05, 0.1) is 12.2 Å². The number of benzene rings is 1. The van der Waals surface area contributed by atoms with Crippen molar-refractivity contribution in [1.29, 1.82) is 0 Å². The van der Waals surface area contributed by atoms with E-state index in [4.69, 9.17) is 9.15 Å². The van der Waals surface area contributed by atoms with Crippen molar-refractivity contribution in [1.82, 2.24) is 15.2 Å². The Balaban J connectivity index is 1.15. The second-order valence-electron chi connectivity index (χ2n) is 8.43. The van der Waals surface area contributed by atoms with Crippen LogP contribution in [0.5, 0.6) is 5.75 Å². The predicted molar refractivity (Wildman–Crippen MR) is 116 cm³/mol. The molecule has 4 rings (SSSR count). The average molecular weight is 427 g/mol. The van der Waals surface area contributed by atoms with Gasteiger partial charge >= 0.3 is 0 Å². The van der Waals surface area contributed by atoms with Gasteiger partial charge in [0.15, 0.2) is 6.61 Å². The molecule has 0 radical (unpaired) electrons. The number of ether oxygens (including phenoxy) is 1. The number of aromatic nitrogens is 1. The minimum absolute atomic E-state index is 0.00709. The number of hydrogen-bond donors (Lipinski definition) is 2. The van der Waals surface area contributed by atoms with Gasteiger partial charge in [0.1, 0.15) is 11.5 Å². The third-order valence-electron chi connectivity index (χ3n) is 6.07. The number of anilines is 1. The molecule has 0 unspecified atom stereocenters. The Labute approximate surface area is 182 Å². The van der Waals surface area contributed by atoms with Crippen LogP contribution in [0.25, 0.3) is 0 Å². The highest BCUT2D eigenvalue weighted by atomic mass is 16.5. The van der Waals surface area contributed by atoms with Gasteiger partial charge in [-0.25, -0.2) is 4.98 Å². The molecular weight excluding hydrogens is 396 g/mol. The van der Waals surface area contributed by atoms with Crippen LogP contribution in [0.15, 0.2) is 22.6 Å². The minimum Gasteiger partial charge on any atom is -0.484 e. The Morgan fingerprint density at radius 1 is 1.29 bits per heavy atom. The molecule has 1 aromatic carbocycles. The van der Waals surface area contributed by atoms with Crippen molar-refractivity contribution < 1.29 is 18.7 Å². The molecule has 2 amide bonds. The van der Waals surface area contributed by atoms with E-state index in [0.29, 0.717) is 31.1 Å². The summed E-state index contributed by atoms with van der Waals surface area (Å²) in [5.41, 5.74) is 2.82. The van der Waals surface area contributed by atoms with Crippen LogP contribution in [-0.4, -0.2) is 47.9 Å². The lowest BCUT2D eigenvalue weighted by molar-refractivity contribution is -0.123. The predicted octanol–water partition coefficient (Wildman–Crippen LogP) is 2.58. The first-order valence-corrected chi connectivity index (χ1v) is 10.9. The molecule has 2 aromatic rings. The molecule has 8 heteroatoms. The first-order valence-electron chi connectivity index (χ1n) is 10.9. The van der Waals surface area contributed by atoms with Crippen LogP contribution >= 0.6 is 0 Å². The highest BCUT2D eigenvalue weighted by Gasteiger charge is 2.21. The standard InChI is InChI=1S/C23H30N4O4/c1-15-16(2)31-23(25-15)13-27-9-7-17(8-10-27)12-24-22(29)14-30-19-4-5-20-18(11-19)3-6-21(28)26-20/h4-5,11,17H,3,6-10,12-14H2,1-2H3,(H,24,29)(H,26,28). The third-order valence-corrected chi connectivity index (χ3v) is 6.07. The maximum Gasteiger partial charge on any atom is 0.257 e. The molecule has 0 bridgehead atoms. The summed E-state index contributed by atoms with van der Waals surface area (Å²) in [6.07, 6.45) is 3.25. The number of rotatable bonds is 7. The number of fused-ring (bicyclic) bond motifs is 1. The Morgan fingerprint density at radius 3 is 2.84 bits per heavy atom. The summed E-state index contributed by atoms with van der Waals surface area (Å²) in [5.74, 6) is 2.71. The second-order valence-corrected chi connectivity index (χ2v) is 8.43. The summed E-state index contributed by atoms with van der Waals surface area (Å²) in [7, 11) is 0. The number of aryl methyl sites for hydroxylation is 3. The topological polar surface area (TPSA) is 96.7 Å². The number of nitrogens with zero attached hydrogens (tertiary/aromatic N) is 2. The third kappa shape index (κ3) is 5.64. The molecule has 0 atom stereocenters.